The van der Waals surface area contributed by atoms with Crippen molar-refractivity contribution in [3.8, 4) is 17.6 Å². The van der Waals surface area contributed by atoms with Crippen molar-refractivity contribution in [1.29, 1.82) is 0 Å². The fraction of sp³-hybridized carbons (Fsp3) is 0.333. The smallest absolute Gasteiger partial charge is 0.141 e. The Bertz CT molecular complexity index is 750. The van der Waals surface area contributed by atoms with Crippen LogP contribution in [0.15, 0.2) is 42.5 Å². The van der Waals surface area contributed by atoms with Crippen molar-refractivity contribution in [1.82, 2.24) is 0 Å². The third-order valence-corrected chi connectivity index (χ3v) is 4.64. The second-order valence-corrected chi connectivity index (χ2v) is 6.19. The highest BCUT2D eigenvalue weighted by atomic mass is 19.1. The third-order valence-electron chi connectivity index (χ3n) is 4.64. The first-order chi connectivity index (χ1) is 11.7. The van der Waals surface area contributed by atoms with Crippen LogP contribution >= 0.6 is 0 Å². The molecule has 1 nitrogen and oxygen atoms in total. The van der Waals surface area contributed by atoms with E-state index in [1.807, 2.05) is 24.3 Å². The highest BCUT2D eigenvalue weighted by Crippen LogP contribution is 2.37. The standard InChI is InChI=1S/C21H20F2O/c1-24-19-11-7-16(8-12-19)20(15-4-2-3-5-15)13-9-17-6-10-18(22)14-21(17)23/h6-8,10-12,14-15,20H,2-5H2,1H3. The molecule has 1 fully saturated rings. The summed E-state index contributed by atoms with van der Waals surface area (Å²) in [5, 5.41) is 0. The molecule has 0 bridgehead atoms. The minimum atomic E-state index is -0.609. The molecule has 24 heavy (non-hydrogen) atoms. The van der Waals surface area contributed by atoms with Gasteiger partial charge < -0.3 is 4.74 Å². The lowest BCUT2D eigenvalue weighted by molar-refractivity contribution is 0.414. The van der Waals surface area contributed by atoms with E-state index < -0.39 is 11.6 Å². The molecule has 2 aromatic rings. The molecule has 1 saturated carbocycles. The number of benzene rings is 2. The molecule has 3 rings (SSSR count). The van der Waals surface area contributed by atoms with Crippen molar-refractivity contribution in [2.24, 2.45) is 5.92 Å². The molecule has 1 atom stereocenters. The third kappa shape index (κ3) is 3.76. The lowest BCUT2D eigenvalue weighted by Gasteiger charge is -2.18. The zero-order valence-corrected chi connectivity index (χ0v) is 13.7. The molecular formula is C21H20F2O. The Labute approximate surface area is 141 Å². The van der Waals surface area contributed by atoms with E-state index in [1.165, 1.54) is 25.0 Å². The molecule has 0 radical (unpaired) electrons. The highest BCUT2D eigenvalue weighted by Gasteiger charge is 2.25. The lowest BCUT2D eigenvalue weighted by Crippen LogP contribution is -2.08. The van der Waals surface area contributed by atoms with Crippen LogP contribution in [0.1, 0.15) is 42.7 Å². The van der Waals surface area contributed by atoms with Crippen molar-refractivity contribution in [3.05, 3.63) is 65.2 Å². The lowest BCUT2D eigenvalue weighted by atomic mass is 9.85. The highest BCUT2D eigenvalue weighted by molar-refractivity contribution is 5.40. The molecule has 0 N–H and O–H groups in total. The van der Waals surface area contributed by atoms with E-state index in [9.17, 15) is 8.78 Å². The van der Waals surface area contributed by atoms with Crippen LogP contribution in [-0.4, -0.2) is 7.11 Å². The van der Waals surface area contributed by atoms with Crippen LogP contribution in [0.25, 0.3) is 0 Å². The maximum absolute atomic E-state index is 13.8. The van der Waals surface area contributed by atoms with Gasteiger partial charge in [-0.05, 0) is 48.6 Å². The second kappa shape index (κ2) is 7.49. The predicted octanol–water partition coefficient (Wildman–Crippen LogP) is 5.30. The quantitative estimate of drug-likeness (QED) is 0.696. The molecule has 1 aliphatic carbocycles. The Hall–Kier alpha value is -2.34. The minimum absolute atomic E-state index is 0.0582. The zero-order chi connectivity index (χ0) is 16.9. The van der Waals surface area contributed by atoms with Crippen molar-refractivity contribution in [3.63, 3.8) is 0 Å². The second-order valence-electron chi connectivity index (χ2n) is 6.19. The predicted molar refractivity (Wildman–Crippen MR) is 90.9 cm³/mol. The average Bonchev–Trinajstić information content (AvgIpc) is 3.11. The molecule has 2 aromatic carbocycles. The van der Waals surface area contributed by atoms with Crippen molar-refractivity contribution in [2.75, 3.05) is 7.11 Å². The fourth-order valence-electron chi connectivity index (χ4n) is 3.32. The fourth-order valence-corrected chi connectivity index (χ4v) is 3.32. The van der Waals surface area contributed by atoms with Crippen molar-refractivity contribution in [2.45, 2.75) is 31.6 Å². The summed E-state index contributed by atoms with van der Waals surface area (Å²) in [7, 11) is 1.64. The summed E-state index contributed by atoms with van der Waals surface area (Å²) in [5.74, 6) is 6.31. The molecule has 0 heterocycles. The van der Waals surface area contributed by atoms with E-state index in [1.54, 1.807) is 7.11 Å². The molecule has 0 saturated heterocycles. The van der Waals surface area contributed by atoms with Gasteiger partial charge in [-0.1, -0.05) is 36.8 Å². The molecule has 0 amide bonds. The monoisotopic (exact) mass is 326 g/mol. The summed E-state index contributed by atoms with van der Waals surface area (Å²) in [6.07, 6.45) is 4.70. The molecule has 124 valence electrons. The summed E-state index contributed by atoms with van der Waals surface area (Å²) >= 11 is 0. The maximum atomic E-state index is 13.8. The van der Waals surface area contributed by atoms with Gasteiger partial charge in [0.15, 0.2) is 0 Å². The average molecular weight is 326 g/mol. The van der Waals surface area contributed by atoms with E-state index in [0.29, 0.717) is 5.92 Å². The largest absolute Gasteiger partial charge is 0.497 e. The van der Waals surface area contributed by atoms with E-state index in [2.05, 4.69) is 11.8 Å². The summed E-state index contributed by atoms with van der Waals surface area (Å²) in [4.78, 5) is 0. The molecule has 0 aromatic heterocycles. The number of rotatable bonds is 3. The molecule has 3 heteroatoms. The van der Waals surface area contributed by atoms with Gasteiger partial charge in [0.1, 0.15) is 17.4 Å². The summed E-state index contributed by atoms with van der Waals surface area (Å²) in [5.41, 5.74) is 1.37. The maximum Gasteiger partial charge on any atom is 0.141 e. The number of hydrogen-bond acceptors (Lipinski definition) is 1. The Morgan fingerprint density at radius 1 is 1.04 bits per heavy atom. The van der Waals surface area contributed by atoms with Gasteiger partial charge in [-0.25, -0.2) is 8.78 Å². The first kappa shape index (κ1) is 16.5. The first-order valence-corrected chi connectivity index (χ1v) is 8.28. The van der Waals surface area contributed by atoms with E-state index in [-0.39, 0.29) is 11.5 Å². The summed E-state index contributed by atoms with van der Waals surface area (Å²) < 4.78 is 32.1. The van der Waals surface area contributed by atoms with Crippen LogP contribution in [0, 0.1) is 29.4 Å². The van der Waals surface area contributed by atoms with Crippen molar-refractivity contribution >= 4 is 0 Å². The van der Waals surface area contributed by atoms with Crippen LogP contribution in [0.5, 0.6) is 5.75 Å². The minimum Gasteiger partial charge on any atom is -0.497 e. The number of ether oxygens (including phenoxy) is 1. The van der Waals surface area contributed by atoms with Crippen molar-refractivity contribution < 1.29 is 13.5 Å². The van der Waals surface area contributed by atoms with Gasteiger partial charge in [0.05, 0.1) is 12.7 Å². The van der Waals surface area contributed by atoms with E-state index >= 15 is 0 Å². The zero-order valence-electron chi connectivity index (χ0n) is 13.7. The van der Waals surface area contributed by atoms with Crippen LogP contribution in [0.4, 0.5) is 8.78 Å². The van der Waals surface area contributed by atoms with Crippen LogP contribution < -0.4 is 4.74 Å². The first-order valence-electron chi connectivity index (χ1n) is 8.28. The van der Waals surface area contributed by atoms with E-state index in [4.69, 9.17) is 4.74 Å². The topological polar surface area (TPSA) is 9.23 Å². The summed E-state index contributed by atoms with van der Waals surface area (Å²) in [6, 6.07) is 11.4. The van der Waals surface area contributed by atoms with E-state index in [0.717, 1.165) is 30.2 Å². The van der Waals surface area contributed by atoms with Gasteiger partial charge in [0.2, 0.25) is 0 Å². The number of methoxy groups -OCH3 is 1. The Balaban J connectivity index is 1.91. The molecule has 1 unspecified atom stereocenters. The van der Waals surface area contributed by atoms with Gasteiger partial charge in [-0.15, -0.1) is 0 Å². The Kier molecular flexibility index (Phi) is 5.15. The van der Waals surface area contributed by atoms with Gasteiger partial charge >= 0.3 is 0 Å². The Morgan fingerprint density at radius 2 is 1.75 bits per heavy atom. The van der Waals surface area contributed by atoms with Crippen LogP contribution in [0.3, 0.4) is 0 Å². The number of halogens is 2. The molecule has 0 spiro atoms. The Morgan fingerprint density at radius 3 is 2.38 bits per heavy atom. The normalized spacial score (nSPS) is 15.6. The van der Waals surface area contributed by atoms with Gasteiger partial charge in [0.25, 0.3) is 0 Å². The van der Waals surface area contributed by atoms with Crippen LogP contribution in [-0.2, 0) is 0 Å². The van der Waals surface area contributed by atoms with Crippen LogP contribution in [0.2, 0.25) is 0 Å². The van der Waals surface area contributed by atoms with Gasteiger partial charge in [-0.3, -0.25) is 0 Å². The van der Waals surface area contributed by atoms with Gasteiger partial charge in [0, 0.05) is 12.0 Å². The number of hydrogen-bond donors (Lipinski definition) is 0. The summed E-state index contributed by atoms with van der Waals surface area (Å²) in [6.45, 7) is 0. The molecule has 0 aliphatic heterocycles. The van der Waals surface area contributed by atoms with Gasteiger partial charge in [-0.2, -0.15) is 0 Å². The molecule has 1 aliphatic rings. The SMILES string of the molecule is COc1ccc(C(C#Cc2ccc(F)cc2F)C2CCCC2)cc1. The molecular weight excluding hydrogens is 306 g/mol.